The summed E-state index contributed by atoms with van der Waals surface area (Å²) in [5.74, 6) is 0. The van der Waals surface area contributed by atoms with Crippen molar-refractivity contribution in [2.75, 3.05) is 11.9 Å². The van der Waals surface area contributed by atoms with Crippen molar-refractivity contribution in [1.82, 2.24) is 0 Å². The maximum Gasteiger partial charge on any atom is 0.0372 e. The van der Waals surface area contributed by atoms with E-state index in [4.69, 9.17) is 5.73 Å². The smallest absolute Gasteiger partial charge is 0.0372 e. The molecular formula is C16H28N2. The number of rotatable bonds is 5. The van der Waals surface area contributed by atoms with E-state index in [-0.39, 0.29) is 5.41 Å². The van der Waals surface area contributed by atoms with Crippen LogP contribution in [0.1, 0.15) is 51.7 Å². The predicted octanol–water partition coefficient (Wildman–Crippen LogP) is 3.83. The fraction of sp³-hybridized carbons (Fsp3) is 0.625. The lowest BCUT2D eigenvalue weighted by Gasteiger charge is -2.21. The van der Waals surface area contributed by atoms with Gasteiger partial charge in [-0.25, -0.2) is 0 Å². The maximum atomic E-state index is 5.76. The minimum atomic E-state index is 0.204. The van der Waals surface area contributed by atoms with E-state index in [1.165, 1.54) is 16.8 Å². The second kappa shape index (κ2) is 6.24. The minimum absolute atomic E-state index is 0.204. The summed E-state index contributed by atoms with van der Waals surface area (Å²) in [7, 11) is 0. The molecule has 1 atom stereocenters. The molecule has 102 valence electrons. The molecule has 2 nitrogen and oxygen atoms in total. The average molecular weight is 248 g/mol. The van der Waals surface area contributed by atoms with Crippen LogP contribution < -0.4 is 11.1 Å². The molecule has 0 aliphatic rings. The van der Waals surface area contributed by atoms with Gasteiger partial charge in [0.25, 0.3) is 0 Å². The van der Waals surface area contributed by atoms with Gasteiger partial charge in [-0.2, -0.15) is 0 Å². The molecule has 0 fully saturated rings. The van der Waals surface area contributed by atoms with E-state index in [1.54, 1.807) is 0 Å². The van der Waals surface area contributed by atoms with Crippen molar-refractivity contribution in [1.29, 1.82) is 0 Å². The summed E-state index contributed by atoms with van der Waals surface area (Å²) < 4.78 is 0. The van der Waals surface area contributed by atoms with Gasteiger partial charge >= 0.3 is 0 Å². The van der Waals surface area contributed by atoms with Gasteiger partial charge in [0.2, 0.25) is 0 Å². The van der Waals surface area contributed by atoms with Crippen LogP contribution in [0, 0.1) is 6.92 Å². The SMILES string of the molecule is Cc1ccc(C(C)(C)C)cc1NCCCC(C)N. The number of anilines is 1. The highest BCUT2D eigenvalue weighted by atomic mass is 14.9. The van der Waals surface area contributed by atoms with Crippen molar-refractivity contribution >= 4 is 5.69 Å². The summed E-state index contributed by atoms with van der Waals surface area (Å²) >= 11 is 0. The van der Waals surface area contributed by atoms with Gasteiger partial charge in [0.1, 0.15) is 0 Å². The second-order valence-corrected chi connectivity index (χ2v) is 6.33. The molecule has 0 spiro atoms. The van der Waals surface area contributed by atoms with E-state index in [0.717, 1.165) is 19.4 Å². The lowest BCUT2D eigenvalue weighted by atomic mass is 9.86. The summed E-state index contributed by atoms with van der Waals surface area (Å²) in [6.07, 6.45) is 2.20. The van der Waals surface area contributed by atoms with Gasteiger partial charge in [0, 0.05) is 18.3 Å². The molecule has 0 saturated heterocycles. The van der Waals surface area contributed by atoms with Gasteiger partial charge in [0.15, 0.2) is 0 Å². The summed E-state index contributed by atoms with van der Waals surface area (Å²) in [5.41, 5.74) is 9.90. The normalized spacial score (nSPS) is 13.4. The molecule has 18 heavy (non-hydrogen) atoms. The molecule has 0 aliphatic carbocycles. The van der Waals surface area contributed by atoms with Crippen LogP contribution in [-0.2, 0) is 5.41 Å². The summed E-state index contributed by atoms with van der Waals surface area (Å²) in [6.45, 7) is 12.0. The number of nitrogens with two attached hydrogens (primary N) is 1. The van der Waals surface area contributed by atoms with E-state index in [1.807, 2.05) is 0 Å². The molecule has 1 unspecified atom stereocenters. The zero-order valence-corrected chi connectivity index (χ0v) is 12.5. The van der Waals surface area contributed by atoms with Crippen molar-refractivity contribution in [3.8, 4) is 0 Å². The molecule has 0 amide bonds. The number of hydrogen-bond donors (Lipinski definition) is 2. The maximum absolute atomic E-state index is 5.76. The molecule has 3 N–H and O–H groups in total. The lowest BCUT2D eigenvalue weighted by Crippen LogP contribution is -2.16. The van der Waals surface area contributed by atoms with Crippen LogP contribution in [0.4, 0.5) is 5.69 Å². The largest absolute Gasteiger partial charge is 0.385 e. The molecule has 1 rings (SSSR count). The zero-order valence-electron chi connectivity index (χ0n) is 12.5. The summed E-state index contributed by atoms with van der Waals surface area (Å²) in [4.78, 5) is 0. The van der Waals surface area contributed by atoms with E-state index in [0.29, 0.717) is 6.04 Å². The van der Waals surface area contributed by atoms with Gasteiger partial charge in [-0.15, -0.1) is 0 Å². The summed E-state index contributed by atoms with van der Waals surface area (Å²) in [6, 6.07) is 7.01. The molecule has 1 aromatic carbocycles. The third kappa shape index (κ3) is 4.69. The first kappa shape index (κ1) is 15.0. The molecule has 1 aromatic rings. The minimum Gasteiger partial charge on any atom is -0.385 e. The Morgan fingerprint density at radius 2 is 1.94 bits per heavy atom. The molecule has 0 aliphatic heterocycles. The quantitative estimate of drug-likeness (QED) is 0.777. The van der Waals surface area contributed by atoms with Crippen LogP contribution in [0.3, 0.4) is 0 Å². The third-order valence-electron chi connectivity index (χ3n) is 3.26. The molecular weight excluding hydrogens is 220 g/mol. The first-order valence-corrected chi connectivity index (χ1v) is 6.91. The van der Waals surface area contributed by atoms with Crippen LogP contribution in [0.25, 0.3) is 0 Å². The lowest BCUT2D eigenvalue weighted by molar-refractivity contribution is 0.590. The fourth-order valence-electron chi connectivity index (χ4n) is 1.93. The zero-order chi connectivity index (χ0) is 13.8. The monoisotopic (exact) mass is 248 g/mol. The van der Waals surface area contributed by atoms with Crippen LogP contribution in [0.15, 0.2) is 18.2 Å². The Balaban J connectivity index is 2.64. The molecule has 0 saturated carbocycles. The highest BCUT2D eigenvalue weighted by molar-refractivity contribution is 5.53. The van der Waals surface area contributed by atoms with Crippen molar-refractivity contribution < 1.29 is 0 Å². The van der Waals surface area contributed by atoms with Gasteiger partial charge < -0.3 is 11.1 Å². The number of nitrogens with one attached hydrogen (secondary N) is 1. The average Bonchev–Trinajstić information content (AvgIpc) is 2.24. The van der Waals surface area contributed by atoms with Crippen molar-refractivity contribution in [3.63, 3.8) is 0 Å². The van der Waals surface area contributed by atoms with Crippen LogP contribution in [-0.4, -0.2) is 12.6 Å². The van der Waals surface area contributed by atoms with Crippen LogP contribution in [0.5, 0.6) is 0 Å². The second-order valence-electron chi connectivity index (χ2n) is 6.33. The molecule has 0 aromatic heterocycles. The van der Waals surface area contributed by atoms with E-state index < -0.39 is 0 Å². The van der Waals surface area contributed by atoms with Gasteiger partial charge in [-0.3, -0.25) is 0 Å². The van der Waals surface area contributed by atoms with E-state index >= 15 is 0 Å². The predicted molar refractivity (Wildman–Crippen MR) is 81.3 cm³/mol. The number of hydrogen-bond acceptors (Lipinski definition) is 2. The Morgan fingerprint density at radius 3 is 2.50 bits per heavy atom. The van der Waals surface area contributed by atoms with Gasteiger partial charge in [-0.1, -0.05) is 32.9 Å². The summed E-state index contributed by atoms with van der Waals surface area (Å²) in [5, 5.41) is 3.53. The Hall–Kier alpha value is -1.02. The Bertz CT molecular complexity index is 375. The third-order valence-corrected chi connectivity index (χ3v) is 3.26. The van der Waals surface area contributed by atoms with Crippen molar-refractivity contribution in [2.24, 2.45) is 5.73 Å². The van der Waals surface area contributed by atoms with Crippen molar-refractivity contribution in [3.05, 3.63) is 29.3 Å². The first-order chi connectivity index (χ1) is 8.30. The fourth-order valence-corrected chi connectivity index (χ4v) is 1.93. The van der Waals surface area contributed by atoms with Crippen LogP contribution in [0.2, 0.25) is 0 Å². The molecule has 0 heterocycles. The highest BCUT2D eigenvalue weighted by Gasteiger charge is 2.14. The van der Waals surface area contributed by atoms with E-state index in [9.17, 15) is 0 Å². The van der Waals surface area contributed by atoms with Crippen molar-refractivity contribution in [2.45, 2.75) is 58.9 Å². The first-order valence-electron chi connectivity index (χ1n) is 6.91. The number of aryl methyl sites for hydroxylation is 1. The Morgan fingerprint density at radius 1 is 1.28 bits per heavy atom. The van der Waals surface area contributed by atoms with Gasteiger partial charge in [-0.05, 0) is 49.3 Å². The molecule has 0 bridgehead atoms. The van der Waals surface area contributed by atoms with Gasteiger partial charge in [0.05, 0.1) is 0 Å². The Labute approximate surface area is 112 Å². The topological polar surface area (TPSA) is 38.0 Å². The molecule has 0 radical (unpaired) electrons. The van der Waals surface area contributed by atoms with Crippen LogP contribution >= 0.6 is 0 Å². The Kier molecular flexibility index (Phi) is 5.21. The highest BCUT2D eigenvalue weighted by Crippen LogP contribution is 2.26. The standard InChI is InChI=1S/C16H28N2/c1-12-8-9-14(16(3,4)5)11-15(12)18-10-6-7-13(2)17/h8-9,11,13,18H,6-7,10,17H2,1-5H3. The number of benzene rings is 1. The van der Waals surface area contributed by atoms with E-state index in [2.05, 4.69) is 58.1 Å². The molecule has 2 heteroatoms.